The standard InChI is InChI=1S/C16H20FN3/c1-20-9-8-19-16(20)6-7-18-13-10-12(11-13)14-4-2-3-5-15(14)17/h2-5,8-9,12-13,18H,6-7,10-11H2,1H3. The van der Waals surface area contributed by atoms with Crippen molar-refractivity contribution in [1.29, 1.82) is 0 Å². The Labute approximate surface area is 118 Å². The molecule has 3 nitrogen and oxygen atoms in total. The van der Waals surface area contributed by atoms with E-state index in [4.69, 9.17) is 0 Å². The van der Waals surface area contributed by atoms with Gasteiger partial charge in [-0.3, -0.25) is 0 Å². The van der Waals surface area contributed by atoms with Crippen molar-refractivity contribution in [3.05, 3.63) is 53.9 Å². The molecule has 1 aromatic carbocycles. The minimum absolute atomic E-state index is 0.0658. The van der Waals surface area contributed by atoms with Crippen LogP contribution in [0.25, 0.3) is 0 Å². The number of nitrogens with one attached hydrogen (secondary N) is 1. The molecule has 0 amide bonds. The lowest BCUT2D eigenvalue weighted by Crippen LogP contribution is -2.41. The van der Waals surface area contributed by atoms with Crippen molar-refractivity contribution in [1.82, 2.24) is 14.9 Å². The van der Waals surface area contributed by atoms with Crippen LogP contribution in [-0.2, 0) is 13.5 Å². The van der Waals surface area contributed by atoms with Gasteiger partial charge in [-0.15, -0.1) is 0 Å². The number of nitrogens with zero attached hydrogens (tertiary/aromatic N) is 2. The lowest BCUT2D eigenvalue weighted by molar-refractivity contribution is 0.286. The van der Waals surface area contributed by atoms with E-state index in [0.717, 1.165) is 37.2 Å². The van der Waals surface area contributed by atoms with E-state index in [-0.39, 0.29) is 5.82 Å². The van der Waals surface area contributed by atoms with Gasteiger partial charge in [0.1, 0.15) is 11.6 Å². The lowest BCUT2D eigenvalue weighted by atomic mass is 9.75. The number of benzene rings is 1. The minimum atomic E-state index is -0.0658. The lowest BCUT2D eigenvalue weighted by Gasteiger charge is -2.36. The van der Waals surface area contributed by atoms with E-state index in [1.807, 2.05) is 36.1 Å². The quantitative estimate of drug-likeness (QED) is 0.907. The average Bonchev–Trinajstić information content (AvgIpc) is 2.79. The number of hydrogen-bond donors (Lipinski definition) is 1. The summed E-state index contributed by atoms with van der Waals surface area (Å²) in [6, 6.07) is 7.64. The molecule has 1 saturated carbocycles. The Bertz CT molecular complexity index is 573. The zero-order valence-electron chi connectivity index (χ0n) is 11.7. The van der Waals surface area contributed by atoms with Gasteiger partial charge in [0.05, 0.1) is 0 Å². The summed E-state index contributed by atoms with van der Waals surface area (Å²) in [6.45, 7) is 0.930. The Morgan fingerprint density at radius 1 is 1.35 bits per heavy atom. The van der Waals surface area contributed by atoms with Gasteiger partial charge in [0.25, 0.3) is 0 Å². The molecule has 20 heavy (non-hydrogen) atoms. The predicted octanol–water partition coefficient (Wildman–Crippen LogP) is 2.64. The van der Waals surface area contributed by atoms with Gasteiger partial charge in [-0.25, -0.2) is 9.37 Å². The normalized spacial score (nSPS) is 21.7. The molecular weight excluding hydrogens is 253 g/mol. The zero-order chi connectivity index (χ0) is 13.9. The molecule has 1 aliphatic carbocycles. The van der Waals surface area contributed by atoms with Gasteiger partial charge in [-0.2, -0.15) is 0 Å². The van der Waals surface area contributed by atoms with Gasteiger partial charge in [-0.05, 0) is 30.4 Å². The first-order valence-corrected chi connectivity index (χ1v) is 7.18. The monoisotopic (exact) mass is 273 g/mol. The second-order valence-electron chi connectivity index (χ2n) is 5.55. The van der Waals surface area contributed by atoms with Crippen LogP contribution >= 0.6 is 0 Å². The Morgan fingerprint density at radius 3 is 2.85 bits per heavy atom. The molecule has 0 radical (unpaired) electrons. The molecule has 0 aliphatic heterocycles. The second-order valence-corrected chi connectivity index (χ2v) is 5.55. The van der Waals surface area contributed by atoms with E-state index in [2.05, 4.69) is 10.3 Å². The molecule has 0 bridgehead atoms. The molecule has 0 atom stereocenters. The minimum Gasteiger partial charge on any atom is -0.338 e. The van der Waals surface area contributed by atoms with Crippen LogP contribution < -0.4 is 5.32 Å². The van der Waals surface area contributed by atoms with Gasteiger partial charge in [0.15, 0.2) is 0 Å². The largest absolute Gasteiger partial charge is 0.338 e. The number of aryl methyl sites for hydroxylation is 1. The fraction of sp³-hybridized carbons (Fsp3) is 0.438. The van der Waals surface area contributed by atoms with Crippen molar-refractivity contribution in [2.45, 2.75) is 31.2 Å². The summed E-state index contributed by atoms with van der Waals surface area (Å²) in [5.74, 6) is 1.41. The van der Waals surface area contributed by atoms with Crippen LogP contribution in [0.3, 0.4) is 0 Å². The molecule has 1 aromatic heterocycles. The van der Waals surface area contributed by atoms with Crippen LogP contribution in [0.5, 0.6) is 0 Å². The summed E-state index contributed by atoms with van der Waals surface area (Å²) in [7, 11) is 2.01. The number of hydrogen-bond acceptors (Lipinski definition) is 2. The third kappa shape index (κ3) is 2.75. The maximum atomic E-state index is 13.6. The highest BCUT2D eigenvalue weighted by Crippen LogP contribution is 2.37. The van der Waals surface area contributed by atoms with Crippen molar-refractivity contribution in [2.75, 3.05) is 6.54 Å². The maximum absolute atomic E-state index is 13.6. The summed E-state index contributed by atoms with van der Waals surface area (Å²) in [4.78, 5) is 4.30. The van der Waals surface area contributed by atoms with Gasteiger partial charge in [-0.1, -0.05) is 18.2 Å². The highest BCUT2D eigenvalue weighted by Gasteiger charge is 2.31. The highest BCUT2D eigenvalue weighted by atomic mass is 19.1. The topological polar surface area (TPSA) is 29.9 Å². The molecule has 0 saturated heterocycles. The van der Waals surface area contributed by atoms with Crippen LogP contribution in [0.15, 0.2) is 36.7 Å². The Kier molecular flexibility index (Phi) is 3.83. The summed E-state index contributed by atoms with van der Waals surface area (Å²) < 4.78 is 15.7. The molecule has 1 heterocycles. The molecule has 1 aliphatic rings. The molecule has 3 rings (SSSR count). The smallest absolute Gasteiger partial charge is 0.126 e. The van der Waals surface area contributed by atoms with E-state index in [1.165, 1.54) is 0 Å². The van der Waals surface area contributed by atoms with Gasteiger partial charge >= 0.3 is 0 Å². The first kappa shape index (κ1) is 13.3. The summed E-state index contributed by atoms with van der Waals surface area (Å²) in [6.07, 6.45) is 6.78. The Morgan fingerprint density at radius 2 is 2.15 bits per heavy atom. The fourth-order valence-electron chi connectivity index (χ4n) is 2.87. The van der Waals surface area contributed by atoms with Crippen molar-refractivity contribution >= 4 is 0 Å². The fourth-order valence-corrected chi connectivity index (χ4v) is 2.87. The third-order valence-electron chi connectivity index (χ3n) is 4.19. The van der Waals surface area contributed by atoms with E-state index in [1.54, 1.807) is 12.1 Å². The van der Waals surface area contributed by atoms with Crippen LogP contribution in [0.2, 0.25) is 0 Å². The zero-order valence-corrected chi connectivity index (χ0v) is 11.7. The predicted molar refractivity (Wildman–Crippen MR) is 77.1 cm³/mol. The molecule has 1 fully saturated rings. The first-order chi connectivity index (χ1) is 9.74. The van der Waals surface area contributed by atoms with E-state index >= 15 is 0 Å². The second kappa shape index (κ2) is 5.75. The van der Waals surface area contributed by atoms with E-state index in [0.29, 0.717) is 12.0 Å². The molecule has 4 heteroatoms. The summed E-state index contributed by atoms with van der Waals surface area (Å²) >= 11 is 0. The van der Waals surface area contributed by atoms with Crippen molar-refractivity contribution in [2.24, 2.45) is 7.05 Å². The SMILES string of the molecule is Cn1ccnc1CCNC1CC(c2ccccc2F)C1. The molecule has 1 N–H and O–H groups in total. The first-order valence-electron chi connectivity index (χ1n) is 7.18. The third-order valence-corrected chi connectivity index (χ3v) is 4.19. The summed E-state index contributed by atoms with van der Waals surface area (Å²) in [5, 5.41) is 3.53. The van der Waals surface area contributed by atoms with Crippen LogP contribution in [0.1, 0.15) is 30.1 Å². The number of imidazole rings is 1. The number of rotatable bonds is 5. The Balaban J connectivity index is 1.43. The molecule has 0 spiro atoms. The number of halogens is 1. The molecular formula is C16H20FN3. The van der Waals surface area contributed by atoms with Crippen LogP contribution in [-0.4, -0.2) is 22.1 Å². The highest BCUT2D eigenvalue weighted by molar-refractivity contribution is 5.24. The molecule has 0 unspecified atom stereocenters. The summed E-state index contributed by atoms with van der Waals surface area (Å²) in [5.41, 5.74) is 0.870. The van der Waals surface area contributed by atoms with Gasteiger partial charge in [0, 0.05) is 38.4 Å². The molecule has 106 valence electrons. The number of aromatic nitrogens is 2. The Hall–Kier alpha value is -1.68. The van der Waals surface area contributed by atoms with Crippen molar-refractivity contribution < 1.29 is 4.39 Å². The van der Waals surface area contributed by atoms with Crippen molar-refractivity contribution in [3.63, 3.8) is 0 Å². The molecule has 2 aromatic rings. The average molecular weight is 273 g/mol. The van der Waals surface area contributed by atoms with E-state index in [9.17, 15) is 4.39 Å². The van der Waals surface area contributed by atoms with Crippen LogP contribution in [0, 0.1) is 5.82 Å². The van der Waals surface area contributed by atoms with Gasteiger partial charge < -0.3 is 9.88 Å². The van der Waals surface area contributed by atoms with E-state index < -0.39 is 0 Å². The van der Waals surface area contributed by atoms with Gasteiger partial charge in [0.2, 0.25) is 0 Å². The maximum Gasteiger partial charge on any atom is 0.126 e. The van der Waals surface area contributed by atoms with Crippen molar-refractivity contribution in [3.8, 4) is 0 Å². The van der Waals surface area contributed by atoms with Crippen LogP contribution in [0.4, 0.5) is 4.39 Å².